The molecule has 0 aliphatic rings. The van der Waals surface area contributed by atoms with E-state index in [4.69, 9.17) is 16.7 Å². The van der Waals surface area contributed by atoms with E-state index in [1.165, 1.54) is 7.11 Å². The smallest absolute Gasteiger partial charge is 0.341 e. The van der Waals surface area contributed by atoms with Gasteiger partial charge in [0.1, 0.15) is 11.3 Å². The predicted octanol–water partition coefficient (Wildman–Crippen LogP) is 2.38. The summed E-state index contributed by atoms with van der Waals surface area (Å²) in [4.78, 5) is 14.1. The molecule has 82 valence electrons. The Hall–Kier alpha value is -1.43. The van der Waals surface area contributed by atoms with Gasteiger partial charge in [-0.1, -0.05) is 11.6 Å². The first-order valence-electron chi connectivity index (χ1n) is 3.72. The topological polar surface area (TPSA) is 59.4 Å². The number of halogens is 3. The van der Waals surface area contributed by atoms with Crippen LogP contribution in [0.25, 0.3) is 0 Å². The van der Waals surface area contributed by atoms with Gasteiger partial charge in [-0.3, -0.25) is 0 Å². The number of hydrogen-bond acceptors (Lipinski definition) is 3. The Balaban J connectivity index is 3.42. The van der Waals surface area contributed by atoms with Crippen molar-refractivity contribution in [1.29, 1.82) is 0 Å². The maximum Gasteiger partial charge on any atom is 0.341 e. The molecule has 0 aromatic carbocycles. The summed E-state index contributed by atoms with van der Waals surface area (Å²) in [5, 5.41) is 8.15. The molecule has 1 rings (SSSR count). The van der Waals surface area contributed by atoms with Gasteiger partial charge in [0.15, 0.2) is 5.75 Å². The molecule has 0 saturated heterocycles. The zero-order valence-corrected chi connectivity index (χ0v) is 8.26. The molecule has 0 amide bonds. The van der Waals surface area contributed by atoms with Crippen LogP contribution in [-0.2, 0) is 0 Å². The maximum atomic E-state index is 12.3. The fourth-order valence-electron chi connectivity index (χ4n) is 0.992. The SMILES string of the molecule is COc1cnc(C(F)F)c(Cl)c1C(=O)O. The zero-order valence-electron chi connectivity index (χ0n) is 7.50. The zero-order chi connectivity index (χ0) is 11.6. The van der Waals surface area contributed by atoms with Gasteiger partial charge in [-0.2, -0.15) is 0 Å². The van der Waals surface area contributed by atoms with Crippen molar-refractivity contribution in [3.63, 3.8) is 0 Å². The lowest BCUT2D eigenvalue weighted by atomic mass is 10.2. The number of nitrogens with zero attached hydrogens (tertiary/aromatic N) is 1. The summed E-state index contributed by atoms with van der Waals surface area (Å²) < 4.78 is 29.3. The van der Waals surface area contributed by atoms with Crippen molar-refractivity contribution in [1.82, 2.24) is 4.98 Å². The molecular weight excluding hydrogens is 232 g/mol. The highest BCUT2D eigenvalue weighted by atomic mass is 35.5. The van der Waals surface area contributed by atoms with Crippen LogP contribution < -0.4 is 4.74 Å². The molecule has 0 unspecified atom stereocenters. The van der Waals surface area contributed by atoms with Crippen LogP contribution in [0.1, 0.15) is 22.5 Å². The summed E-state index contributed by atoms with van der Waals surface area (Å²) in [7, 11) is 1.20. The van der Waals surface area contributed by atoms with E-state index in [9.17, 15) is 13.6 Å². The Kier molecular flexibility index (Phi) is 3.41. The molecule has 7 heteroatoms. The third-order valence-electron chi connectivity index (χ3n) is 1.65. The fraction of sp³-hybridized carbons (Fsp3) is 0.250. The van der Waals surface area contributed by atoms with Crippen LogP contribution in [0.4, 0.5) is 8.78 Å². The number of alkyl halides is 2. The molecular formula is C8H6ClF2NO3. The molecule has 0 fully saturated rings. The summed E-state index contributed by atoms with van der Waals surface area (Å²) >= 11 is 5.48. The molecule has 0 aliphatic carbocycles. The van der Waals surface area contributed by atoms with Gasteiger partial charge >= 0.3 is 5.97 Å². The van der Waals surface area contributed by atoms with Gasteiger partial charge in [0.2, 0.25) is 0 Å². The largest absolute Gasteiger partial charge is 0.494 e. The molecule has 0 atom stereocenters. The second-order valence-corrected chi connectivity index (χ2v) is 2.88. The number of hydrogen-bond donors (Lipinski definition) is 1. The van der Waals surface area contributed by atoms with Crippen molar-refractivity contribution >= 4 is 17.6 Å². The van der Waals surface area contributed by atoms with Gasteiger partial charge in [-0.05, 0) is 0 Å². The van der Waals surface area contributed by atoms with E-state index in [0.29, 0.717) is 0 Å². The van der Waals surface area contributed by atoms with Crippen LogP contribution in [0.2, 0.25) is 5.02 Å². The molecule has 4 nitrogen and oxygen atoms in total. The minimum Gasteiger partial charge on any atom is -0.494 e. The molecule has 0 spiro atoms. The van der Waals surface area contributed by atoms with Crippen molar-refractivity contribution in [2.75, 3.05) is 7.11 Å². The molecule has 1 aromatic heterocycles. The summed E-state index contributed by atoms with van der Waals surface area (Å²) in [5.74, 6) is -1.60. The van der Waals surface area contributed by atoms with Gasteiger partial charge in [-0.25, -0.2) is 18.6 Å². The second kappa shape index (κ2) is 4.39. The number of ether oxygens (including phenoxy) is 1. The van der Waals surface area contributed by atoms with Gasteiger partial charge in [0.25, 0.3) is 6.43 Å². The van der Waals surface area contributed by atoms with Crippen LogP contribution in [0.15, 0.2) is 6.20 Å². The molecule has 0 radical (unpaired) electrons. The number of rotatable bonds is 3. The third-order valence-corrected chi connectivity index (χ3v) is 2.03. The first-order valence-corrected chi connectivity index (χ1v) is 4.10. The van der Waals surface area contributed by atoms with E-state index >= 15 is 0 Å². The quantitative estimate of drug-likeness (QED) is 0.877. The molecule has 1 heterocycles. The lowest BCUT2D eigenvalue weighted by Crippen LogP contribution is -2.05. The minimum atomic E-state index is -2.93. The Morgan fingerprint density at radius 1 is 1.67 bits per heavy atom. The Labute approximate surface area is 88.4 Å². The van der Waals surface area contributed by atoms with Crippen LogP contribution in [-0.4, -0.2) is 23.2 Å². The lowest BCUT2D eigenvalue weighted by Gasteiger charge is -2.09. The predicted molar refractivity (Wildman–Crippen MR) is 47.7 cm³/mol. The normalized spacial score (nSPS) is 10.5. The highest BCUT2D eigenvalue weighted by Gasteiger charge is 2.24. The summed E-state index contributed by atoms with van der Waals surface area (Å²) in [5.41, 5.74) is -1.28. The number of carbonyl (C=O) groups is 1. The lowest BCUT2D eigenvalue weighted by molar-refractivity contribution is 0.0692. The van der Waals surface area contributed by atoms with E-state index < -0.39 is 28.7 Å². The summed E-state index contributed by atoms with van der Waals surface area (Å²) in [6.07, 6.45) is -2.03. The van der Waals surface area contributed by atoms with Crippen molar-refractivity contribution in [2.45, 2.75) is 6.43 Å². The number of methoxy groups -OCH3 is 1. The minimum absolute atomic E-state index is 0.156. The number of aromatic nitrogens is 1. The van der Waals surface area contributed by atoms with E-state index in [1.807, 2.05) is 0 Å². The average molecular weight is 238 g/mol. The van der Waals surface area contributed by atoms with Gasteiger partial charge in [0.05, 0.1) is 18.3 Å². The van der Waals surface area contributed by atoms with Crippen LogP contribution >= 0.6 is 11.6 Å². The van der Waals surface area contributed by atoms with E-state index in [-0.39, 0.29) is 5.75 Å². The van der Waals surface area contributed by atoms with E-state index in [2.05, 4.69) is 9.72 Å². The molecule has 1 N–H and O–H groups in total. The fourth-order valence-corrected chi connectivity index (χ4v) is 1.30. The molecule has 0 aliphatic heterocycles. The van der Waals surface area contributed by atoms with Crippen LogP contribution in [0.3, 0.4) is 0 Å². The highest BCUT2D eigenvalue weighted by Crippen LogP contribution is 2.32. The summed E-state index contributed by atoms with van der Waals surface area (Å²) in [6, 6.07) is 0. The van der Waals surface area contributed by atoms with Crippen molar-refractivity contribution in [3.8, 4) is 5.75 Å². The first kappa shape index (κ1) is 11.6. The van der Waals surface area contributed by atoms with Crippen LogP contribution in [0, 0.1) is 0 Å². The van der Waals surface area contributed by atoms with Crippen molar-refractivity contribution < 1.29 is 23.4 Å². The van der Waals surface area contributed by atoms with Gasteiger partial charge in [-0.15, -0.1) is 0 Å². The standard InChI is InChI=1S/C8H6ClF2NO3/c1-15-3-2-12-6(7(10)11)5(9)4(3)8(13)14/h2,7H,1H3,(H,13,14). The number of carboxylic acid groups (broad SMARTS) is 1. The van der Waals surface area contributed by atoms with Gasteiger partial charge < -0.3 is 9.84 Å². The monoisotopic (exact) mass is 237 g/mol. The molecule has 15 heavy (non-hydrogen) atoms. The Morgan fingerprint density at radius 2 is 2.27 bits per heavy atom. The first-order chi connectivity index (χ1) is 6.99. The third kappa shape index (κ3) is 2.15. The number of carboxylic acids is 1. The van der Waals surface area contributed by atoms with E-state index in [1.54, 1.807) is 0 Å². The maximum absolute atomic E-state index is 12.3. The highest BCUT2D eigenvalue weighted by molar-refractivity contribution is 6.34. The average Bonchev–Trinajstić information content (AvgIpc) is 2.15. The Bertz CT molecular complexity index is 398. The molecule has 0 saturated carbocycles. The van der Waals surface area contributed by atoms with Crippen molar-refractivity contribution in [3.05, 3.63) is 22.5 Å². The molecule has 0 bridgehead atoms. The Morgan fingerprint density at radius 3 is 2.67 bits per heavy atom. The number of pyridine rings is 1. The van der Waals surface area contributed by atoms with Crippen LogP contribution in [0.5, 0.6) is 5.75 Å². The second-order valence-electron chi connectivity index (χ2n) is 2.51. The summed E-state index contributed by atoms with van der Waals surface area (Å²) in [6.45, 7) is 0. The van der Waals surface area contributed by atoms with E-state index in [0.717, 1.165) is 6.20 Å². The number of aromatic carboxylic acids is 1. The van der Waals surface area contributed by atoms with Gasteiger partial charge in [0, 0.05) is 0 Å². The van der Waals surface area contributed by atoms with Crippen molar-refractivity contribution in [2.24, 2.45) is 0 Å². The molecule has 1 aromatic rings.